The lowest BCUT2D eigenvalue weighted by molar-refractivity contribution is 0.544. The van der Waals surface area contributed by atoms with Crippen LogP contribution in [0.15, 0.2) is 9.85 Å². The first-order chi connectivity index (χ1) is 9.02. The number of hydrogen-bond acceptors (Lipinski definition) is 4. The van der Waals surface area contributed by atoms with Crippen molar-refractivity contribution < 1.29 is 0 Å². The third-order valence-corrected chi connectivity index (χ3v) is 5.15. The fourth-order valence-electron chi connectivity index (χ4n) is 1.92. The summed E-state index contributed by atoms with van der Waals surface area (Å²) in [4.78, 5) is 4.51. The average Bonchev–Trinajstić information content (AvgIpc) is 2.92. The Morgan fingerprint density at radius 2 is 2.26 bits per heavy atom. The molecule has 0 saturated carbocycles. The first-order valence-corrected chi connectivity index (χ1v) is 8.05. The molecule has 0 aliphatic rings. The van der Waals surface area contributed by atoms with E-state index in [4.69, 9.17) is 0 Å². The van der Waals surface area contributed by atoms with Crippen LogP contribution in [0.3, 0.4) is 0 Å². The Labute approximate surface area is 126 Å². The van der Waals surface area contributed by atoms with Crippen LogP contribution in [0.2, 0.25) is 0 Å². The summed E-state index contributed by atoms with van der Waals surface area (Å²) in [5.74, 6) is 0. The molecule has 4 nitrogen and oxygen atoms in total. The van der Waals surface area contributed by atoms with E-state index < -0.39 is 0 Å². The van der Waals surface area contributed by atoms with Crippen molar-refractivity contribution in [3.63, 3.8) is 0 Å². The van der Waals surface area contributed by atoms with Gasteiger partial charge in [0, 0.05) is 24.7 Å². The van der Waals surface area contributed by atoms with Crippen LogP contribution in [0.25, 0.3) is 0 Å². The zero-order valence-electron chi connectivity index (χ0n) is 11.7. The van der Waals surface area contributed by atoms with Crippen LogP contribution in [0.1, 0.15) is 42.0 Å². The van der Waals surface area contributed by atoms with Crippen molar-refractivity contribution >= 4 is 27.3 Å². The molecule has 2 aromatic rings. The van der Waals surface area contributed by atoms with Crippen molar-refractivity contribution in [2.24, 2.45) is 7.05 Å². The maximum Gasteiger partial charge on any atom is 0.110 e. The van der Waals surface area contributed by atoms with Gasteiger partial charge in [0.15, 0.2) is 0 Å². The summed E-state index contributed by atoms with van der Waals surface area (Å²) < 4.78 is 3.06. The van der Waals surface area contributed by atoms with Gasteiger partial charge in [0.25, 0.3) is 0 Å². The van der Waals surface area contributed by atoms with Crippen molar-refractivity contribution in [1.29, 1.82) is 0 Å². The molecule has 1 unspecified atom stereocenters. The van der Waals surface area contributed by atoms with E-state index in [0.717, 1.165) is 33.8 Å². The lowest BCUT2D eigenvalue weighted by atomic mass is 10.3. The summed E-state index contributed by atoms with van der Waals surface area (Å²) in [6.07, 6.45) is 0.940. The van der Waals surface area contributed by atoms with Crippen LogP contribution in [0.4, 0.5) is 0 Å². The number of aryl methyl sites for hydroxylation is 3. The van der Waals surface area contributed by atoms with Gasteiger partial charge in [0.1, 0.15) is 5.01 Å². The minimum atomic E-state index is 0.255. The van der Waals surface area contributed by atoms with Gasteiger partial charge in [-0.3, -0.25) is 4.68 Å². The Balaban J connectivity index is 2.04. The van der Waals surface area contributed by atoms with Gasteiger partial charge in [-0.2, -0.15) is 5.10 Å². The number of hydrogen-bond donors (Lipinski definition) is 1. The normalized spacial score (nSPS) is 12.9. The van der Waals surface area contributed by atoms with Gasteiger partial charge in [0.05, 0.1) is 21.9 Å². The van der Waals surface area contributed by atoms with E-state index in [1.54, 1.807) is 11.3 Å². The van der Waals surface area contributed by atoms with E-state index in [1.165, 1.54) is 5.69 Å². The first-order valence-electron chi connectivity index (χ1n) is 6.38. The fourth-order valence-corrected chi connectivity index (χ4v) is 3.50. The summed E-state index contributed by atoms with van der Waals surface area (Å²) in [7, 11) is 1.99. The van der Waals surface area contributed by atoms with Crippen LogP contribution < -0.4 is 5.32 Å². The van der Waals surface area contributed by atoms with Crippen molar-refractivity contribution in [1.82, 2.24) is 20.1 Å². The van der Waals surface area contributed by atoms with Gasteiger partial charge in [-0.1, -0.05) is 6.92 Å². The van der Waals surface area contributed by atoms with Crippen molar-refractivity contribution in [2.45, 2.75) is 39.8 Å². The highest BCUT2D eigenvalue weighted by Crippen LogP contribution is 2.23. The van der Waals surface area contributed by atoms with E-state index >= 15 is 0 Å². The lowest BCUT2D eigenvalue weighted by Crippen LogP contribution is -2.20. The van der Waals surface area contributed by atoms with Gasteiger partial charge in [-0.15, -0.1) is 11.3 Å². The Morgan fingerprint density at radius 3 is 2.79 bits per heavy atom. The maximum atomic E-state index is 4.51. The second kappa shape index (κ2) is 6.15. The number of aromatic nitrogens is 3. The third-order valence-electron chi connectivity index (χ3n) is 3.09. The predicted molar refractivity (Wildman–Crippen MR) is 82.4 cm³/mol. The molecule has 0 aromatic carbocycles. The lowest BCUT2D eigenvalue weighted by Gasteiger charge is -2.11. The fraction of sp³-hybridized carbons (Fsp3) is 0.538. The molecule has 1 N–H and O–H groups in total. The molecule has 1 atom stereocenters. The first kappa shape index (κ1) is 14.7. The highest BCUT2D eigenvalue weighted by molar-refractivity contribution is 9.10. The predicted octanol–water partition coefficient (Wildman–Crippen LogP) is 3.36. The average molecular weight is 343 g/mol. The molecule has 0 bridgehead atoms. The smallest absolute Gasteiger partial charge is 0.110 e. The van der Waals surface area contributed by atoms with Gasteiger partial charge in [-0.05, 0) is 36.2 Å². The minimum Gasteiger partial charge on any atom is -0.302 e. The Morgan fingerprint density at radius 1 is 1.53 bits per heavy atom. The van der Waals surface area contributed by atoms with Gasteiger partial charge in [0.2, 0.25) is 0 Å². The minimum absolute atomic E-state index is 0.255. The van der Waals surface area contributed by atoms with E-state index in [0.29, 0.717) is 0 Å². The van der Waals surface area contributed by atoms with E-state index in [9.17, 15) is 0 Å². The van der Waals surface area contributed by atoms with Gasteiger partial charge >= 0.3 is 0 Å². The van der Waals surface area contributed by atoms with Crippen LogP contribution in [-0.4, -0.2) is 14.8 Å². The molecule has 0 radical (unpaired) electrons. The number of rotatable bonds is 5. The van der Waals surface area contributed by atoms with Crippen molar-refractivity contribution in [3.8, 4) is 0 Å². The molecule has 19 heavy (non-hydrogen) atoms. The van der Waals surface area contributed by atoms with Crippen LogP contribution in [0, 0.1) is 6.92 Å². The van der Waals surface area contributed by atoms with Crippen molar-refractivity contribution in [2.75, 3.05) is 0 Å². The summed E-state index contributed by atoms with van der Waals surface area (Å²) in [5.41, 5.74) is 3.37. The number of nitrogens with one attached hydrogen (secondary N) is 1. The molecule has 2 aromatic heterocycles. The SMILES string of the molecule is CCc1nn(C)c(CNC(C)c2nc(C)cs2)c1Br. The molecule has 0 aliphatic carbocycles. The standard InChI is InChI=1S/C13H19BrN4S/c1-5-10-12(14)11(18(4)17-10)6-15-9(3)13-16-8(2)7-19-13/h7,9,15H,5-6H2,1-4H3. The largest absolute Gasteiger partial charge is 0.302 e. The van der Waals surface area contributed by atoms with Crippen LogP contribution >= 0.6 is 27.3 Å². The molecule has 2 rings (SSSR count). The zero-order valence-corrected chi connectivity index (χ0v) is 14.1. The second-order valence-corrected chi connectivity index (χ2v) is 6.30. The van der Waals surface area contributed by atoms with Gasteiger partial charge in [-0.25, -0.2) is 4.98 Å². The van der Waals surface area contributed by atoms with E-state index in [-0.39, 0.29) is 6.04 Å². The highest BCUT2D eigenvalue weighted by Gasteiger charge is 2.14. The molecule has 0 spiro atoms. The third kappa shape index (κ3) is 3.24. The summed E-state index contributed by atoms with van der Waals surface area (Å²) in [5, 5.41) is 11.2. The van der Waals surface area contributed by atoms with Crippen LogP contribution in [-0.2, 0) is 20.0 Å². The second-order valence-electron chi connectivity index (χ2n) is 4.61. The summed E-state index contributed by atoms with van der Waals surface area (Å²) >= 11 is 5.34. The molecule has 2 heterocycles. The summed E-state index contributed by atoms with van der Waals surface area (Å²) in [6.45, 7) is 7.07. The molecule has 0 fully saturated rings. The Hall–Kier alpha value is -0.720. The summed E-state index contributed by atoms with van der Waals surface area (Å²) in [6, 6.07) is 0.255. The monoisotopic (exact) mass is 342 g/mol. The Bertz CT molecular complexity index is 561. The van der Waals surface area contributed by atoms with E-state index in [2.05, 4.69) is 50.6 Å². The number of halogens is 1. The van der Waals surface area contributed by atoms with Crippen molar-refractivity contribution in [3.05, 3.63) is 31.9 Å². The molecule has 104 valence electrons. The molecule has 0 amide bonds. The molecular formula is C13H19BrN4S. The zero-order chi connectivity index (χ0) is 14.0. The van der Waals surface area contributed by atoms with Crippen LogP contribution in [0.5, 0.6) is 0 Å². The maximum absolute atomic E-state index is 4.51. The number of nitrogens with zero attached hydrogens (tertiary/aromatic N) is 3. The highest BCUT2D eigenvalue weighted by atomic mass is 79.9. The topological polar surface area (TPSA) is 42.7 Å². The van der Waals surface area contributed by atoms with Gasteiger partial charge < -0.3 is 5.32 Å². The molecule has 0 aliphatic heterocycles. The molecular weight excluding hydrogens is 324 g/mol. The Kier molecular flexibility index (Phi) is 4.76. The van der Waals surface area contributed by atoms with E-state index in [1.807, 2.05) is 18.7 Å². The molecule has 0 saturated heterocycles. The molecule has 6 heteroatoms. The number of thiazole rings is 1. The quantitative estimate of drug-likeness (QED) is 0.905.